The van der Waals surface area contributed by atoms with Crippen molar-refractivity contribution in [3.05, 3.63) is 34.4 Å². The summed E-state index contributed by atoms with van der Waals surface area (Å²) in [7, 11) is 0. The van der Waals surface area contributed by atoms with Crippen LogP contribution >= 0.6 is 0 Å². The minimum absolute atomic E-state index is 0.000787. The predicted molar refractivity (Wildman–Crippen MR) is 76.6 cm³/mol. The standard InChI is InChI=1S/C16H27N/c1-11-9-10-14(13(3)12(11)2)16(7,8)17-15(4,5)6/h9-10,17H,1-8H3. The molecule has 1 aromatic rings. The van der Waals surface area contributed by atoms with Gasteiger partial charge in [-0.05, 0) is 77.6 Å². The molecule has 0 aromatic heterocycles. The fourth-order valence-electron chi connectivity index (χ4n) is 2.64. The minimum Gasteiger partial charge on any atom is -0.303 e. The van der Waals surface area contributed by atoms with E-state index in [9.17, 15) is 0 Å². The van der Waals surface area contributed by atoms with Gasteiger partial charge in [0.25, 0.3) is 0 Å². The van der Waals surface area contributed by atoms with Gasteiger partial charge in [-0.2, -0.15) is 0 Å². The van der Waals surface area contributed by atoms with Crippen molar-refractivity contribution in [3.63, 3.8) is 0 Å². The van der Waals surface area contributed by atoms with Crippen molar-refractivity contribution in [1.82, 2.24) is 5.32 Å². The maximum atomic E-state index is 3.70. The molecule has 0 heterocycles. The largest absolute Gasteiger partial charge is 0.303 e. The smallest absolute Gasteiger partial charge is 0.0384 e. The zero-order valence-electron chi connectivity index (χ0n) is 12.7. The van der Waals surface area contributed by atoms with Gasteiger partial charge in [-0.3, -0.25) is 0 Å². The van der Waals surface area contributed by atoms with E-state index in [0.29, 0.717) is 0 Å². The average molecular weight is 233 g/mol. The summed E-state index contributed by atoms with van der Waals surface area (Å²) < 4.78 is 0. The fraction of sp³-hybridized carbons (Fsp3) is 0.625. The second-order valence-corrected chi connectivity index (χ2v) is 6.68. The van der Waals surface area contributed by atoms with Crippen molar-refractivity contribution in [2.45, 2.75) is 66.5 Å². The first kappa shape index (κ1) is 14.2. The van der Waals surface area contributed by atoms with Crippen LogP contribution in [0.4, 0.5) is 0 Å². The molecule has 1 heteroatoms. The van der Waals surface area contributed by atoms with E-state index in [4.69, 9.17) is 0 Å². The van der Waals surface area contributed by atoms with Crippen LogP contribution in [0.2, 0.25) is 0 Å². The van der Waals surface area contributed by atoms with Crippen LogP contribution in [0.15, 0.2) is 12.1 Å². The van der Waals surface area contributed by atoms with Gasteiger partial charge in [0.2, 0.25) is 0 Å². The Morgan fingerprint density at radius 3 is 1.82 bits per heavy atom. The molecule has 0 spiro atoms. The highest BCUT2D eigenvalue weighted by molar-refractivity contribution is 5.42. The Labute approximate surface area is 107 Å². The first-order chi connectivity index (χ1) is 7.54. The van der Waals surface area contributed by atoms with Crippen LogP contribution in [-0.4, -0.2) is 5.54 Å². The van der Waals surface area contributed by atoms with Gasteiger partial charge in [-0.25, -0.2) is 0 Å². The maximum absolute atomic E-state index is 3.70. The van der Waals surface area contributed by atoms with Crippen LogP contribution in [0.1, 0.15) is 56.9 Å². The summed E-state index contributed by atoms with van der Waals surface area (Å²) in [6.45, 7) is 17.8. The van der Waals surface area contributed by atoms with Crippen molar-refractivity contribution >= 4 is 0 Å². The Morgan fingerprint density at radius 2 is 1.35 bits per heavy atom. The molecule has 0 unspecified atom stereocenters. The lowest BCUT2D eigenvalue weighted by atomic mass is 9.85. The lowest BCUT2D eigenvalue weighted by Crippen LogP contribution is -2.48. The van der Waals surface area contributed by atoms with Crippen LogP contribution < -0.4 is 5.32 Å². The second kappa shape index (κ2) is 4.45. The Bertz CT molecular complexity index is 408. The number of aryl methyl sites for hydroxylation is 1. The average Bonchev–Trinajstić information content (AvgIpc) is 2.09. The van der Waals surface area contributed by atoms with Gasteiger partial charge in [-0.1, -0.05) is 12.1 Å². The zero-order valence-corrected chi connectivity index (χ0v) is 12.7. The lowest BCUT2D eigenvalue weighted by Gasteiger charge is -2.36. The van der Waals surface area contributed by atoms with Gasteiger partial charge in [0, 0.05) is 11.1 Å². The molecule has 0 aliphatic rings. The molecule has 17 heavy (non-hydrogen) atoms. The molecule has 1 aromatic carbocycles. The van der Waals surface area contributed by atoms with E-state index in [1.807, 2.05) is 0 Å². The molecule has 0 amide bonds. The molecule has 0 saturated carbocycles. The van der Waals surface area contributed by atoms with E-state index >= 15 is 0 Å². The monoisotopic (exact) mass is 233 g/mol. The number of nitrogens with one attached hydrogen (secondary N) is 1. The van der Waals surface area contributed by atoms with Crippen LogP contribution in [0.25, 0.3) is 0 Å². The van der Waals surface area contributed by atoms with E-state index in [0.717, 1.165) is 0 Å². The molecule has 1 nitrogen and oxygen atoms in total. The molecule has 1 rings (SSSR count). The zero-order chi connectivity index (χ0) is 13.4. The van der Waals surface area contributed by atoms with Crippen LogP contribution in [0, 0.1) is 20.8 Å². The van der Waals surface area contributed by atoms with Gasteiger partial charge in [-0.15, -0.1) is 0 Å². The van der Waals surface area contributed by atoms with Gasteiger partial charge < -0.3 is 5.32 Å². The molecule has 0 fully saturated rings. The highest BCUT2D eigenvalue weighted by Crippen LogP contribution is 2.29. The second-order valence-electron chi connectivity index (χ2n) is 6.68. The molecule has 0 atom stereocenters. The summed E-state index contributed by atoms with van der Waals surface area (Å²) in [5.41, 5.74) is 5.71. The van der Waals surface area contributed by atoms with Crippen molar-refractivity contribution in [1.29, 1.82) is 0 Å². The van der Waals surface area contributed by atoms with Crippen molar-refractivity contribution in [2.75, 3.05) is 0 Å². The van der Waals surface area contributed by atoms with Gasteiger partial charge >= 0.3 is 0 Å². The number of benzene rings is 1. The highest BCUT2D eigenvalue weighted by atomic mass is 15.0. The first-order valence-electron chi connectivity index (χ1n) is 6.41. The summed E-state index contributed by atoms with van der Waals surface area (Å²) in [4.78, 5) is 0. The molecule has 1 N–H and O–H groups in total. The molecule has 0 bridgehead atoms. The maximum Gasteiger partial charge on any atom is 0.0384 e. The molecule has 0 aliphatic carbocycles. The number of hydrogen-bond acceptors (Lipinski definition) is 1. The summed E-state index contributed by atoms with van der Waals surface area (Å²) in [6.07, 6.45) is 0. The molecule has 0 radical (unpaired) electrons. The number of rotatable bonds is 2. The normalized spacial score (nSPS) is 12.9. The highest BCUT2D eigenvalue weighted by Gasteiger charge is 2.27. The van der Waals surface area contributed by atoms with Crippen molar-refractivity contribution in [3.8, 4) is 0 Å². The molecular weight excluding hydrogens is 206 g/mol. The molecule has 0 aliphatic heterocycles. The lowest BCUT2D eigenvalue weighted by molar-refractivity contribution is 0.285. The summed E-state index contributed by atoms with van der Waals surface area (Å²) in [6, 6.07) is 4.49. The van der Waals surface area contributed by atoms with E-state index < -0.39 is 0 Å². The van der Waals surface area contributed by atoms with Crippen molar-refractivity contribution < 1.29 is 0 Å². The van der Waals surface area contributed by atoms with Gasteiger partial charge in [0.15, 0.2) is 0 Å². The first-order valence-corrected chi connectivity index (χ1v) is 6.41. The van der Waals surface area contributed by atoms with Crippen LogP contribution in [-0.2, 0) is 5.54 Å². The Kier molecular flexibility index (Phi) is 3.73. The van der Waals surface area contributed by atoms with E-state index in [1.165, 1.54) is 22.3 Å². The van der Waals surface area contributed by atoms with Gasteiger partial charge in [0.1, 0.15) is 0 Å². The Morgan fingerprint density at radius 1 is 0.824 bits per heavy atom. The summed E-state index contributed by atoms with van der Waals surface area (Å²) in [5, 5.41) is 3.70. The summed E-state index contributed by atoms with van der Waals surface area (Å²) >= 11 is 0. The minimum atomic E-state index is 0.000787. The predicted octanol–water partition coefficient (Wildman–Crippen LogP) is 4.24. The van der Waals surface area contributed by atoms with Crippen LogP contribution in [0.3, 0.4) is 0 Å². The quantitative estimate of drug-likeness (QED) is 0.806. The third-order valence-corrected chi connectivity index (χ3v) is 3.42. The molecule has 0 saturated heterocycles. The van der Waals surface area contributed by atoms with Gasteiger partial charge in [0.05, 0.1) is 0 Å². The third-order valence-electron chi connectivity index (χ3n) is 3.42. The fourth-order valence-corrected chi connectivity index (χ4v) is 2.64. The van der Waals surface area contributed by atoms with E-state index in [1.54, 1.807) is 0 Å². The van der Waals surface area contributed by atoms with E-state index in [2.05, 4.69) is 72.8 Å². The third kappa shape index (κ3) is 3.32. The summed E-state index contributed by atoms with van der Waals surface area (Å²) in [5.74, 6) is 0. The van der Waals surface area contributed by atoms with E-state index in [-0.39, 0.29) is 11.1 Å². The van der Waals surface area contributed by atoms with Crippen molar-refractivity contribution in [2.24, 2.45) is 0 Å². The topological polar surface area (TPSA) is 12.0 Å². The number of hydrogen-bond donors (Lipinski definition) is 1. The Hall–Kier alpha value is -0.820. The molecule has 96 valence electrons. The SMILES string of the molecule is Cc1ccc(C(C)(C)NC(C)(C)C)c(C)c1C. The van der Waals surface area contributed by atoms with Crippen LogP contribution in [0.5, 0.6) is 0 Å². The molecular formula is C16H27N. The Balaban J connectivity index is 3.20.